The van der Waals surface area contributed by atoms with E-state index in [1.54, 1.807) is 6.07 Å². The Hall–Kier alpha value is -2.95. The van der Waals surface area contributed by atoms with Crippen molar-refractivity contribution >= 4 is 17.1 Å². The number of benzene rings is 1. The first-order chi connectivity index (χ1) is 13.0. The monoisotopic (exact) mass is 373 g/mol. The highest BCUT2D eigenvalue weighted by Gasteiger charge is 2.37. The maximum atomic E-state index is 12.2. The number of aliphatic hydroxyl groups excluding tert-OH is 2. The van der Waals surface area contributed by atoms with Crippen LogP contribution in [0.5, 0.6) is 11.8 Å². The fourth-order valence-electron chi connectivity index (χ4n) is 3.12. The van der Waals surface area contributed by atoms with Crippen molar-refractivity contribution in [3.05, 3.63) is 40.2 Å². The number of fused-ring (bicyclic) bond motifs is 1. The first-order valence-corrected chi connectivity index (χ1v) is 8.43. The molecule has 3 atom stereocenters. The molecule has 142 valence electrons. The first-order valence-electron chi connectivity index (χ1n) is 8.43. The maximum Gasteiger partial charge on any atom is 0.306 e. The summed E-state index contributed by atoms with van der Waals surface area (Å²) in [5, 5.41) is 19.5. The van der Waals surface area contributed by atoms with Crippen molar-refractivity contribution in [1.29, 1.82) is 0 Å². The molecule has 0 radical (unpaired) electrons. The molecule has 1 aromatic carbocycles. The van der Waals surface area contributed by atoms with Gasteiger partial charge in [0.05, 0.1) is 12.7 Å². The van der Waals surface area contributed by atoms with Crippen LogP contribution in [0, 0.1) is 6.92 Å². The Morgan fingerprint density at radius 3 is 2.89 bits per heavy atom. The third kappa shape index (κ3) is 3.03. The Balaban J connectivity index is 1.86. The topological polar surface area (TPSA) is 149 Å². The van der Waals surface area contributed by atoms with Gasteiger partial charge in [-0.1, -0.05) is 18.2 Å². The lowest BCUT2D eigenvalue weighted by atomic mass is 10.2. The third-order valence-corrected chi connectivity index (χ3v) is 4.50. The second kappa shape index (κ2) is 6.65. The number of anilines is 1. The standard InChI is InChI=1S/C17H19N5O5/c1-8-4-2-3-5-10(8)27-17-19-13-14(20-16(18)21-15(13)25)22(17)12-6-9(24)11(7-23)26-12/h2-5,9,11-12,23-24H,6-7H2,1H3,(H3,18,20,21,25)/t9-,11+,12+/m0/s1. The number of aromatic nitrogens is 4. The molecule has 4 rings (SSSR count). The van der Waals surface area contributed by atoms with Crippen LogP contribution in [0.3, 0.4) is 0 Å². The van der Waals surface area contributed by atoms with Gasteiger partial charge in [0.2, 0.25) is 5.95 Å². The summed E-state index contributed by atoms with van der Waals surface area (Å²) in [7, 11) is 0. The number of aliphatic hydroxyl groups is 2. The summed E-state index contributed by atoms with van der Waals surface area (Å²) < 4.78 is 13.1. The van der Waals surface area contributed by atoms with Crippen LogP contribution in [0.4, 0.5) is 5.95 Å². The van der Waals surface area contributed by atoms with Crippen molar-refractivity contribution in [3.8, 4) is 11.8 Å². The number of H-pyrrole nitrogens is 1. The van der Waals surface area contributed by atoms with Crippen LogP contribution in [0.15, 0.2) is 29.1 Å². The molecule has 0 saturated carbocycles. The van der Waals surface area contributed by atoms with E-state index in [1.165, 1.54) is 4.57 Å². The quantitative estimate of drug-likeness (QED) is 0.515. The molecule has 1 aliphatic heterocycles. The van der Waals surface area contributed by atoms with Crippen molar-refractivity contribution in [3.63, 3.8) is 0 Å². The summed E-state index contributed by atoms with van der Waals surface area (Å²) in [5.41, 5.74) is 6.26. The second-order valence-electron chi connectivity index (χ2n) is 6.37. The zero-order valence-electron chi connectivity index (χ0n) is 14.5. The highest BCUT2D eigenvalue weighted by Crippen LogP contribution is 2.36. The Morgan fingerprint density at radius 2 is 2.19 bits per heavy atom. The fraction of sp³-hybridized carbons (Fsp3) is 0.353. The smallest absolute Gasteiger partial charge is 0.306 e. The van der Waals surface area contributed by atoms with Crippen molar-refractivity contribution < 1.29 is 19.7 Å². The second-order valence-corrected chi connectivity index (χ2v) is 6.37. The molecular weight excluding hydrogens is 354 g/mol. The van der Waals surface area contributed by atoms with Gasteiger partial charge in [0, 0.05) is 6.42 Å². The van der Waals surface area contributed by atoms with Gasteiger partial charge in [-0.25, -0.2) is 0 Å². The third-order valence-electron chi connectivity index (χ3n) is 4.50. The molecule has 0 bridgehead atoms. The van der Waals surface area contributed by atoms with E-state index >= 15 is 0 Å². The molecular formula is C17H19N5O5. The minimum Gasteiger partial charge on any atom is -0.425 e. The Labute approximate surface area is 153 Å². The number of hydrogen-bond donors (Lipinski definition) is 4. The van der Waals surface area contributed by atoms with Crippen LogP contribution in [0.25, 0.3) is 11.2 Å². The van der Waals surface area contributed by atoms with Crippen molar-refractivity contribution in [2.24, 2.45) is 0 Å². The molecule has 0 amide bonds. The summed E-state index contributed by atoms with van der Waals surface area (Å²) in [5.74, 6) is 0.476. The number of imidazole rings is 1. The highest BCUT2D eigenvalue weighted by molar-refractivity contribution is 5.72. The van der Waals surface area contributed by atoms with E-state index in [-0.39, 0.29) is 36.2 Å². The number of para-hydroxylation sites is 1. The predicted molar refractivity (Wildman–Crippen MR) is 95.4 cm³/mol. The van der Waals surface area contributed by atoms with Gasteiger partial charge in [0.1, 0.15) is 18.1 Å². The van der Waals surface area contributed by atoms with Crippen LogP contribution in [0.1, 0.15) is 18.2 Å². The number of ether oxygens (including phenoxy) is 2. The molecule has 27 heavy (non-hydrogen) atoms. The minimum atomic E-state index is -0.872. The molecule has 3 heterocycles. The van der Waals surface area contributed by atoms with E-state index in [0.717, 1.165) is 5.56 Å². The van der Waals surface area contributed by atoms with Crippen LogP contribution in [0.2, 0.25) is 0 Å². The van der Waals surface area contributed by atoms with E-state index in [4.69, 9.17) is 15.2 Å². The number of nitrogens with zero attached hydrogens (tertiary/aromatic N) is 3. The van der Waals surface area contributed by atoms with E-state index in [1.807, 2.05) is 25.1 Å². The molecule has 1 fully saturated rings. The number of aryl methyl sites for hydroxylation is 1. The minimum absolute atomic E-state index is 0.0401. The van der Waals surface area contributed by atoms with Gasteiger partial charge in [-0.15, -0.1) is 0 Å². The number of aromatic amines is 1. The molecule has 10 nitrogen and oxygen atoms in total. The average molecular weight is 373 g/mol. The van der Waals surface area contributed by atoms with Gasteiger partial charge in [0.25, 0.3) is 5.56 Å². The number of nitrogens with two attached hydrogens (primary N) is 1. The van der Waals surface area contributed by atoms with E-state index < -0.39 is 24.0 Å². The SMILES string of the molecule is Cc1ccccc1Oc1nc2c(=O)[nH]c(N)nc2n1[C@H]1C[C@H](O)[C@@H](CO)O1. The van der Waals surface area contributed by atoms with E-state index in [0.29, 0.717) is 5.75 Å². The summed E-state index contributed by atoms with van der Waals surface area (Å²) in [6.45, 7) is 1.54. The Morgan fingerprint density at radius 1 is 1.41 bits per heavy atom. The van der Waals surface area contributed by atoms with Crippen molar-refractivity contribution in [2.75, 3.05) is 12.3 Å². The van der Waals surface area contributed by atoms with E-state index in [2.05, 4.69) is 15.0 Å². The van der Waals surface area contributed by atoms with Crippen LogP contribution < -0.4 is 16.0 Å². The molecule has 0 aliphatic carbocycles. The summed E-state index contributed by atoms with van der Waals surface area (Å²) in [4.78, 5) is 23.1. The van der Waals surface area contributed by atoms with Gasteiger partial charge >= 0.3 is 6.01 Å². The lowest BCUT2D eigenvalue weighted by Gasteiger charge is -2.17. The Bertz CT molecular complexity index is 1050. The molecule has 10 heteroatoms. The molecule has 1 saturated heterocycles. The van der Waals surface area contributed by atoms with Crippen LogP contribution in [-0.2, 0) is 4.74 Å². The van der Waals surface area contributed by atoms with E-state index in [9.17, 15) is 15.0 Å². The zero-order chi connectivity index (χ0) is 19.1. The Kier molecular flexibility index (Phi) is 4.30. The summed E-state index contributed by atoms with van der Waals surface area (Å²) >= 11 is 0. The van der Waals surface area contributed by atoms with Crippen molar-refractivity contribution in [2.45, 2.75) is 31.8 Å². The number of rotatable bonds is 4. The lowest BCUT2D eigenvalue weighted by Crippen LogP contribution is -2.24. The number of hydrogen-bond acceptors (Lipinski definition) is 8. The first kappa shape index (κ1) is 17.5. The number of nitrogens with one attached hydrogen (secondary N) is 1. The summed E-state index contributed by atoms with van der Waals surface area (Å²) in [6, 6.07) is 7.42. The van der Waals surface area contributed by atoms with Crippen LogP contribution >= 0.6 is 0 Å². The molecule has 0 unspecified atom stereocenters. The van der Waals surface area contributed by atoms with Crippen molar-refractivity contribution in [1.82, 2.24) is 19.5 Å². The lowest BCUT2D eigenvalue weighted by molar-refractivity contribution is -0.0447. The number of nitrogen functional groups attached to an aromatic ring is 1. The highest BCUT2D eigenvalue weighted by atomic mass is 16.6. The molecule has 1 aliphatic rings. The molecule has 3 aromatic rings. The van der Waals surface area contributed by atoms with Crippen LogP contribution in [-0.4, -0.2) is 48.5 Å². The largest absolute Gasteiger partial charge is 0.425 e. The average Bonchev–Trinajstić information content (AvgIpc) is 3.17. The molecule has 0 spiro atoms. The van der Waals surface area contributed by atoms with Gasteiger partial charge in [-0.3, -0.25) is 14.3 Å². The fourth-order valence-corrected chi connectivity index (χ4v) is 3.12. The zero-order valence-corrected chi connectivity index (χ0v) is 14.5. The predicted octanol–water partition coefficient (Wildman–Crippen LogP) is 0.443. The summed E-state index contributed by atoms with van der Waals surface area (Å²) in [6.07, 6.45) is -2.18. The van der Waals surface area contributed by atoms with Gasteiger partial charge in [0.15, 0.2) is 11.2 Å². The molecule has 5 N–H and O–H groups in total. The van der Waals surface area contributed by atoms with Gasteiger partial charge in [-0.05, 0) is 18.6 Å². The molecule has 2 aromatic heterocycles. The maximum absolute atomic E-state index is 12.2. The van der Waals surface area contributed by atoms with Gasteiger partial charge in [-0.2, -0.15) is 9.97 Å². The normalized spacial score (nSPS) is 22.4. The van der Waals surface area contributed by atoms with Gasteiger partial charge < -0.3 is 25.4 Å².